The number of hydrogen-bond acceptors (Lipinski definition) is 2. The molecular formula is C5H10BrNO. The van der Waals surface area contributed by atoms with Crippen molar-refractivity contribution in [3.05, 3.63) is 0 Å². The van der Waals surface area contributed by atoms with E-state index in [4.69, 9.17) is 0 Å². The second-order valence-electron chi connectivity index (χ2n) is 1.81. The van der Waals surface area contributed by atoms with Gasteiger partial charge in [0.1, 0.15) is 5.78 Å². The van der Waals surface area contributed by atoms with Crippen molar-refractivity contribution in [1.29, 1.82) is 0 Å². The molecule has 0 spiro atoms. The van der Waals surface area contributed by atoms with Crippen LogP contribution in [0.1, 0.15) is 13.8 Å². The number of carbonyl (C=O) groups is 1. The minimum absolute atomic E-state index is 0.0185. The van der Waals surface area contributed by atoms with Gasteiger partial charge in [0.15, 0.2) is 0 Å². The Bertz CT molecular complexity index is 92.4. The van der Waals surface area contributed by atoms with Crippen LogP contribution in [-0.2, 0) is 4.79 Å². The average molecular weight is 180 g/mol. The summed E-state index contributed by atoms with van der Waals surface area (Å²) >= 11 is 3.15. The predicted octanol–water partition coefficient (Wildman–Crippen LogP) is 1.21. The van der Waals surface area contributed by atoms with Gasteiger partial charge in [0.25, 0.3) is 0 Å². The van der Waals surface area contributed by atoms with Gasteiger partial charge in [0, 0.05) is 16.1 Å². The minimum atomic E-state index is -0.0185. The molecule has 0 amide bonds. The number of ketones is 1. The Kier molecular flexibility index (Phi) is 3.24. The third-order valence-corrected chi connectivity index (χ3v) is 1.74. The monoisotopic (exact) mass is 179 g/mol. The summed E-state index contributed by atoms with van der Waals surface area (Å²) in [6.45, 7) is 3.42. The second kappa shape index (κ2) is 3.20. The normalized spacial score (nSPS) is 14.1. The Hall–Kier alpha value is 0.110. The van der Waals surface area contributed by atoms with Gasteiger partial charge in [-0.15, -0.1) is 0 Å². The smallest absolute Gasteiger partial charge is 0.147 e. The highest BCUT2D eigenvalue weighted by Crippen LogP contribution is 2.00. The first-order valence-electron chi connectivity index (χ1n) is 2.44. The SMILES string of the molecule is CC(=O)[C@H](C)N(C)Br. The number of hydrogen-bond donors (Lipinski definition) is 0. The molecule has 0 aromatic heterocycles. The molecule has 0 unspecified atom stereocenters. The standard InChI is InChI=1S/C5H10BrNO/c1-4(5(2)8)7(3)6/h4H,1-3H3/t4-/m0/s1. The van der Waals surface area contributed by atoms with Crippen LogP contribution in [0.2, 0.25) is 0 Å². The molecule has 0 aliphatic rings. The van der Waals surface area contributed by atoms with Crippen molar-refractivity contribution < 1.29 is 4.79 Å². The Morgan fingerprint density at radius 3 is 2.12 bits per heavy atom. The Balaban J connectivity index is 3.64. The van der Waals surface area contributed by atoms with E-state index >= 15 is 0 Å². The molecule has 0 aliphatic carbocycles. The van der Waals surface area contributed by atoms with Gasteiger partial charge >= 0.3 is 0 Å². The van der Waals surface area contributed by atoms with Crippen molar-refractivity contribution in [1.82, 2.24) is 3.93 Å². The first-order valence-corrected chi connectivity index (χ1v) is 3.15. The fraction of sp³-hybridized carbons (Fsp3) is 0.800. The molecule has 48 valence electrons. The molecule has 0 saturated carbocycles. The molecule has 0 aromatic carbocycles. The fourth-order valence-electron chi connectivity index (χ4n) is 0.251. The van der Waals surface area contributed by atoms with Gasteiger partial charge in [0.05, 0.1) is 6.04 Å². The zero-order chi connectivity index (χ0) is 6.73. The summed E-state index contributed by atoms with van der Waals surface area (Å²) in [6, 6.07) is -0.0185. The van der Waals surface area contributed by atoms with E-state index in [0.29, 0.717) is 0 Å². The molecule has 0 bridgehead atoms. The number of carbonyl (C=O) groups excluding carboxylic acids is 1. The van der Waals surface area contributed by atoms with Gasteiger partial charge in [-0.3, -0.25) is 4.79 Å². The number of halogens is 1. The van der Waals surface area contributed by atoms with E-state index in [2.05, 4.69) is 16.1 Å². The van der Waals surface area contributed by atoms with Crippen LogP contribution in [-0.4, -0.2) is 22.8 Å². The van der Waals surface area contributed by atoms with Crippen LogP contribution in [0.25, 0.3) is 0 Å². The summed E-state index contributed by atoms with van der Waals surface area (Å²) in [7, 11) is 1.81. The van der Waals surface area contributed by atoms with E-state index in [1.54, 1.807) is 10.8 Å². The van der Waals surface area contributed by atoms with Crippen molar-refractivity contribution in [3.8, 4) is 0 Å². The largest absolute Gasteiger partial charge is 0.298 e. The zero-order valence-electron chi connectivity index (χ0n) is 5.31. The fourth-order valence-corrected chi connectivity index (χ4v) is 0.539. The van der Waals surface area contributed by atoms with Crippen molar-refractivity contribution in [2.24, 2.45) is 0 Å². The topological polar surface area (TPSA) is 20.3 Å². The van der Waals surface area contributed by atoms with Crippen LogP contribution >= 0.6 is 16.1 Å². The van der Waals surface area contributed by atoms with Crippen molar-refractivity contribution >= 4 is 21.9 Å². The summed E-state index contributed by atoms with van der Waals surface area (Å²) in [4.78, 5) is 10.5. The minimum Gasteiger partial charge on any atom is -0.298 e. The maximum atomic E-state index is 10.5. The van der Waals surface area contributed by atoms with E-state index in [1.807, 2.05) is 14.0 Å². The molecule has 8 heavy (non-hydrogen) atoms. The van der Waals surface area contributed by atoms with Crippen LogP contribution in [0.4, 0.5) is 0 Å². The Morgan fingerprint density at radius 1 is 1.75 bits per heavy atom. The number of likely N-dealkylation sites (N-methyl/N-ethyl adjacent to an activating group) is 1. The zero-order valence-corrected chi connectivity index (χ0v) is 6.90. The van der Waals surface area contributed by atoms with Crippen LogP contribution in [0.3, 0.4) is 0 Å². The Labute approximate surface area is 58.2 Å². The van der Waals surface area contributed by atoms with Crippen molar-refractivity contribution in [2.75, 3.05) is 7.05 Å². The van der Waals surface area contributed by atoms with E-state index in [9.17, 15) is 4.79 Å². The number of nitrogens with zero attached hydrogens (tertiary/aromatic N) is 1. The van der Waals surface area contributed by atoms with Crippen LogP contribution in [0.15, 0.2) is 0 Å². The third kappa shape index (κ3) is 2.43. The van der Waals surface area contributed by atoms with Gasteiger partial charge in [-0.25, -0.2) is 3.93 Å². The lowest BCUT2D eigenvalue weighted by molar-refractivity contribution is -0.119. The van der Waals surface area contributed by atoms with Gasteiger partial charge in [0.2, 0.25) is 0 Å². The summed E-state index contributed by atoms with van der Waals surface area (Å²) < 4.78 is 1.70. The molecule has 0 rings (SSSR count). The molecule has 0 heterocycles. The Morgan fingerprint density at radius 2 is 2.12 bits per heavy atom. The van der Waals surface area contributed by atoms with E-state index in [1.165, 1.54) is 0 Å². The highest BCUT2D eigenvalue weighted by molar-refractivity contribution is 9.07. The van der Waals surface area contributed by atoms with Crippen LogP contribution in [0.5, 0.6) is 0 Å². The average Bonchev–Trinajstić information content (AvgIpc) is 1.64. The molecule has 1 atom stereocenters. The van der Waals surface area contributed by atoms with Crippen molar-refractivity contribution in [2.45, 2.75) is 19.9 Å². The summed E-state index contributed by atoms with van der Waals surface area (Å²) in [5.41, 5.74) is 0. The maximum Gasteiger partial charge on any atom is 0.147 e. The number of rotatable bonds is 2. The van der Waals surface area contributed by atoms with Crippen molar-refractivity contribution in [3.63, 3.8) is 0 Å². The first-order chi connectivity index (χ1) is 3.55. The predicted molar refractivity (Wildman–Crippen MR) is 36.8 cm³/mol. The van der Waals surface area contributed by atoms with Crippen LogP contribution < -0.4 is 0 Å². The molecule has 2 nitrogen and oxygen atoms in total. The molecule has 0 saturated heterocycles. The first kappa shape index (κ1) is 8.11. The second-order valence-corrected chi connectivity index (χ2v) is 2.93. The lowest BCUT2D eigenvalue weighted by Gasteiger charge is -2.12. The summed E-state index contributed by atoms with van der Waals surface area (Å²) in [5.74, 6) is 0.171. The molecular weight excluding hydrogens is 170 g/mol. The van der Waals surface area contributed by atoms with E-state index in [0.717, 1.165) is 0 Å². The van der Waals surface area contributed by atoms with E-state index < -0.39 is 0 Å². The summed E-state index contributed by atoms with van der Waals surface area (Å²) in [5, 5.41) is 0. The lowest BCUT2D eigenvalue weighted by atomic mass is 10.2. The third-order valence-electron chi connectivity index (χ3n) is 1.12. The molecule has 0 aromatic rings. The molecule has 3 heteroatoms. The van der Waals surface area contributed by atoms with Gasteiger partial charge in [-0.1, -0.05) is 0 Å². The molecule has 0 radical (unpaired) electrons. The van der Waals surface area contributed by atoms with Gasteiger partial charge in [-0.2, -0.15) is 0 Å². The highest BCUT2D eigenvalue weighted by Gasteiger charge is 2.09. The number of Topliss-reactive ketones (excluding diaryl/α,β-unsaturated/α-hetero) is 1. The van der Waals surface area contributed by atoms with E-state index in [-0.39, 0.29) is 11.8 Å². The summed E-state index contributed by atoms with van der Waals surface area (Å²) in [6.07, 6.45) is 0. The van der Waals surface area contributed by atoms with Crippen LogP contribution in [0, 0.1) is 0 Å². The maximum absolute atomic E-state index is 10.5. The highest BCUT2D eigenvalue weighted by atomic mass is 79.9. The quantitative estimate of drug-likeness (QED) is 0.595. The lowest BCUT2D eigenvalue weighted by Crippen LogP contribution is -2.26. The molecule has 0 fully saturated rings. The van der Waals surface area contributed by atoms with Gasteiger partial charge in [-0.05, 0) is 20.9 Å². The van der Waals surface area contributed by atoms with Gasteiger partial charge < -0.3 is 0 Å². The molecule has 0 aliphatic heterocycles. The molecule has 0 N–H and O–H groups in total.